The number of imidazole rings is 1. The molecule has 0 radical (unpaired) electrons. The van der Waals surface area contributed by atoms with Crippen LogP contribution in [0.4, 0.5) is 11.4 Å². The number of aromatic amines is 1. The normalized spacial score (nSPS) is 14.6. The van der Waals surface area contributed by atoms with E-state index >= 15 is 0 Å². The third kappa shape index (κ3) is 3.66. The summed E-state index contributed by atoms with van der Waals surface area (Å²) in [7, 11) is 1.70. The van der Waals surface area contributed by atoms with E-state index in [2.05, 4.69) is 20.9 Å². The smallest absolute Gasteiger partial charge is 0.293 e. The molecule has 0 atom stereocenters. The summed E-state index contributed by atoms with van der Waals surface area (Å²) < 4.78 is 5.53. The van der Waals surface area contributed by atoms with Crippen molar-refractivity contribution in [2.75, 3.05) is 25.1 Å². The van der Waals surface area contributed by atoms with E-state index in [1.807, 2.05) is 54.6 Å². The van der Waals surface area contributed by atoms with Crippen molar-refractivity contribution in [3.63, 3.8) is 0 Å². The number of H-pyrrole nitrogens is 1. The minimum atomic E-state index is -0.298. The number of hydrogen-bond acceptors (Lipinski definition) is 5. The Morgan fingerprint density at radius 1 is 1.06 bits per heavy atom. The summed E-state index contributed by atoms with van der Waals surface area (Å²) in [5.41, 5.74) is 4.44. The van der Waals surface area contributed by atoms with Gasteiger partial charge in [-0.3, -0.25) is 10.1 Å². The number of aromatic nitrogens is 2. The number of methoxy groups -OCH3 is 1. The Morgan fingerprint density at radius 2 is 1.81 bits per heavy atom. The predicted octanol–water partition coefficient (Wildman–Crippen LogP) is 5.53. The van der Waals surface area contributed by atoms with Gasteiger partial charge >= 0.3 is 0 Å². The number of anilines is 1. The van der Waals surface area contributed by atoms with Crippen LogP contribution in [0.5, 0.6) is 5.75 Å². The van der Waals surface area contributed by atoms with Gasteiger partial charge in [-0.05, 0) is 54.7 Å². The van der Waals surface area contributed by atoms with Gasteiger partial charge in [-0.15, -0.1) is 0 Å². The Labute approximate surface area is 185 Å². The first-order valence-electron chi connectivity index (χ1n) is 10.8. The van der Waals surface area contributed by atoms with Gasteiger partial charge in [0.15, 0.2) is 0 Å². The minimum Gasteiger partial charge on any atom is -0.496 e. The lowest BCUT2D eigenvalue weighted by Gasteiger charge is -2.34. The summed E-state index contributed by atoms with van der Waals surface area (Å²) in [6, 6.07) is 21.2. The summed E-state index contributed by atoms with van der Waals surface area (Å²) in [6.07, 6.45) is 1.84. The van der Waals surface area contributed by atoms with Crippen LogP contribution in [-0.4, -0.2) is 35.1 Å². The van der Waals surface area contributed by atoms with Gasteiger partial charge < -0.3 is 14.6 Å². The highest BCUT2D eigenvalue weighted by Gasteiger charge is 2.27. The second kappa shape index (κ2) is 8.34. The number of fused-ring (bicyclic) bond motifs is 1. The van der Waals surface area contributed by atoms with Crippen LogP contribution in [0, 0.1) is 10.1 Å². The molecule has 162 valence electrons. The fraction of sp³-hybridized carbons (Fsp3) is 0.240. The molecule has 3 aromatic carbocycles. The van der Waals surface area contributed by atoms with Crippen LogP contribution in [0.15, 0.2) is 66.7 Å². The molecular formula is C25H24N4O3. The lowest BCUT2D eigenvalue weighted by molar-refractivity contribution is -0.384. The first kappa shape index (κ1) is 20.1. The lowest BCUT2D eigenvalue weighted by atomic mass is 9.88. The third-order valence-electron chi connectivity index (χ3n) is 6.25. The number of nitrogens with zero attached hydrogens (tertiary/aromatic N) is 3. The SMILES string of the molecule is COc1ccccc1C1CCN(c2ccc(-c3nc4ccccc4[nH]3)cc2[N+](=O)[O-])CC1. The molecule has 1 N–H and O–H groups in total. The molecule has 1 aliphatic rings. The molecule has 4 aromatic rings. The van der Waals surface area contributed by atoms with Crippen molar-refractivity contribution >= 4 is 22.4 Å². The molecule has 2 heterocycles. The third-order valence-corrected chi connectivity index (χ3v) is 6.25. The Kier molecular flexibility index (Phi) is 5.23. The summed E-state index contributed by atoms with van der Waals surface area (Å²) in [5, 5.41) is 11.9. The van der Waals surface area contributed by atoms with Crippen LogP contribution in [0.3, 0.4) is 0 Å². The second-order valence-corrected chi connectivity index (χ2v) is 8.07. The molecule has 0 bridgehead atoms. The first-order valence-corrected chi connectivity index (χ1v) is 10.8. The first-order chi connectivity index (χ1) is 15.6. The minimum absolute atomic E-state index is 0.110. The molecule has 0 spiro atoms. The number of nitro benzene ring substituents is 1. The summed E-state index contributed by atoms with van der Waals surface area (Å²) in [6.45, 7) is 1.51. The number of hydrogen-bond donors (Lipinski definition) is 1. The largest absolute Gasteiger partial charge is 0.496 e. The van der Waals surface area contributed by atoms with Crippen molar-refractivity contribution in [2.45, 2.75) is 18.8 Å². The average molecular weight is 428 g/mol. The van der Waals surface area contributed by atoms with Crippen molar-refractivity contribution in [3.05, 3.63) is 82.4 Å². The maximum Gasteiger partial charge on any atom is 0.293 e. The maximum absolute atomic E-state index is 11.9. The highest BCUT2D eigenvalue weighted by atomic mass is 16.6. The van der Waals surface area contributed by atoms with E-state index in [0.717, 1.165) is 42.7 Å². The van der Waals surface area contributed by atoms with Gasteiger partial charge in [-0.25, -0.2) is 4.98 Å². The molecule has 1 fully saturated rings. The standard InChI is InChI=1S/C25H24N4O3/c1-32-24-9-5-2-6-19(24)17-12-14-28(15-13-17)22-11-10-18(16-23(22)29(30)31)25-26-20-7-3-4-8-21(20)27-25/h2-11,16-17H,12-15H2,1H3,(H,26,27). The molecule has 5 rings (SSSR count). The number of nitrogens with one attached hydrogen (secondary N) is 1. The molecule has 1 aromatic heterocycles. The molecule has 32 heavy (non-hydrogen) atoms. The van der Waals surface area contributed by atoms with Crippen molar-refractivity contribution in [2.24, 2.45) is 0 Å². The van der Waals surface area contributed by atoms with E-state index < -0.39 is 0 Å². The zero-order valence-corrected chi connectivity index (χ0v) is 17.8. The van der Waals surface area contributed by atoms with Gasteiger partial charge in [0, 0.05) is 24.7 Å². The molecule has 0 unspecified atom stereocenters. The topological polar surface area (TPSA) is 84.3 Å². The van der Waals surface area contributed by atoms with Crippen LogP contribution in [0.25, 0.3) is 22.4 Å². The Morgan fingerprint density at radius 3 is 2.56 bits per heavy atom. The van der Waals surface area contributed by atoms with Crippen molar-refractivity contribution in [3.8, 4) is 17.1 Å². The summed E-state index contributed by atoms with van der Waals surface area (Å²) >= 11 is 0. The van der Waals surface area contributed by atoms with E-state index in [1.54, 1.807) is 13.2 Å². The molecule has 7 heteroatoms. The second-order valence-electron chi connectivity index (χ2n) is 8.07. The van der Waals surface area contributed by atoms with Gasteiger partial charge in [0.05, 0.1) is 23.1 Å². The molecule has 7 nitrogen and oxygen atoms in total. The van der Waals surface area contributed by atoms with Crippen LogP contribution in [0.1, 0.15) is 24.3 Å². The monoisotopic (exact) mass is 428 g/mol. The van der Waals surface area contributed by atoms with E-state index in [4.69, 9.17) is 4.74 Å². The van der Waals surface area contributed by atoms with E-state index in [1.165, 1.54) is 5.56 Å². The van der Waals surface area contributed by atoms with Crippen molar-refractivity contribution < 1.29 is 9.66 Å². The fourth-order valence-electron chi connectivity index (χ4n) is 4.61. The highest BCUT2D eigenvalue weighted by Crippen LogP contribution is 2.38. The summed E-state index contributed by atoms with van der Waals surface area (Å²) in [4.78, 5) is 21.6. The Hall–Kier alpha value is -3.87. The predicted molar refractivity (Wildman–Crippen MR) is 125 cm³/mol. The quantitative estimate of drug-likeness (QED) is 0.334. The van der Waals surface area contributed by atoms with Gasteiger partial charge in [0.2, 0.25) is 0 Å². The van der Waals surface area contributed by atoms with E-state index in [0.29, 0.717) is 23.0 Å². The Bertz CT molecular complexity index is 1240. The van der Waals surface area contributed by atoms with Crippen LogP contribution in [0.2, 0.25) is 0 Å². The number of para-hydroxylation sites is 3. The zero-order valence-electron chi connectivity index (χ0n) is 17.8. The number of benzene rings is 3. The number of piperidine rings is 1. The number of ether oxygens (including phenoxy) is 1. The number of rotatable bonds is 5. The highest BCUT2D eigenvalue weighted by molar-refractivity contribution is 5.80. The summed E-state index contributed by atoms with van der Waals surface area (Å²) in [5.74, 6) is 1.93. The van der Waals surface area contributed by atoms with Crippen LogP contribution in [-0.2, 0) is 0 Å². The fourth-order valence-corrected chi connectivity index (χ4v) is 4.61. The lowest BCUT2D eigenvalue weighted by Crippen LogP contribution is -2.33. The zero-order chi connectivity index (χ0) is 22.1. The molecule has 0 saturated carbocycles. The maximum atomic E-state index is 11.9. The van der Waals surface area contributed by atoms with Gasteiger partial charge in [0.1, 0.15) is 17.3 Å². The van der Waals surface area contributed by atoms with E-state index in [9.17, 15) is 10.1 Å². The molecule has 1 aliphatic heterocycles. The van der Waals surface area contributed by atoms with Crippen molar-refractivity contribution in [1.29, 1.82) is 0 Å². The molecule has 0 aliphatic carbocycles. The van der Waals surface area contributed by atoms with Gasteiger partial charge in [0.25, 0.3) is 5.69 Å². The molecular weight excluding hydrogens is 404 g/mol. The van der Waals surface area contributed by atoms with Gasteiger partial charge in [-0.1, -0.05) is 30.3 Å². The molecule has 1 saturated heterocycles. The van der Waals surface area contributed by atoms with Crippen LogP contribution >= 0.6 is 0 Å². The Balaban J connectivity index is 1.40. The average Bonchev–Trinajstić information content (AvgIpc) is 3.28. The van der Waals surface area contributed by atoms with Crippen LogP contribution < -0.4 is 9.64 Å². The molecule has 0 amide bonds. The number of nitro groups is 1. The van der Waals surface area contributed by atoms with Crippen molar-refractivity contribution in [1.82, 2.24) is 9.97 Å². The van der Waals surface area contributed by atoms with E-state index in [-0.39, 0.29) is 10.6 Å². The van der Waals surface area contributed by atoms with Gasteiger partial charge in [-0.2, -0.15) is 0 Å².